The summed E-state index contributed by atoms with van der Waals surface area (Å²) in [5, 5.41) is 4.38. The quantitative estimate of drug-likeness (QED) is 0.884. The van der Waals surface area contributed by atoms with Gasteiger partial charge < -0.3 is 10.1 Å². The molecule has 1 aromatic carbocycles. The Labute approximate surface area is 114 Å². The fourth-order valence-corrected chi connectivity index (χ4v) is 2.71. The summed E-state index contributed by atoms with van der Waals surface area (Å²) in [5.41, 5.74) is 2.95. The molecule has 0 fully saturated rings. The summed E-state index contributed by atoms with van der Waals surface area (Å²) in [6, 6.07) is 7.11. The second-order valence-corrected chi connectivity index (χ2v) is 6.31. The molecule has 2 atom stereocenters. The Balaban J connectivity index is 1.96. The number of thioether (sulfide) groups is 1. The number of rotatable bonds is 5. The van der Waals surface area contributed by atoms with Gasteiger partial charge in [0.2, 0.25) is 0 Å². The van der Waals surface area contributed by atoms with Gasteiger partial charge in [-0.3, -0.25) is 0 Å². The Morgan fingerprint density at radius 2 is 2.28 bits per heavy atom. The van der Waals surface area contributed by atoms with E-state index in [4.69, 9.17) is 4.74 Å². The van der Waals surface area contributed by atoms with E-state index in [0.29, 0.717) is 11.3 Å². The minimum Gasteiger partial charge on any atom is -0.497 e. The van der Waals surface area contributed by atoms with Crippen molar-refractivity contribution < 1.29 is 4.74 Å². The third kappa shape index (κ3) is 3.42. The summed E-state index contributed by atoms with van der Waals surface area (Å²) in [6.07, 6.45) is 5.74. The van der Waals surface area contributed by atoms with Crippen LogP contribution in [0.3, 0.4) is 0 Å². The van der Waals surface area contributed by atoms with Crippen molar-refractivity contribution >= 4 is 11.8 Å². The fraction of sp³-hybridized carbons (Fsp3) is 0.600. The van der Waals surface area contributed by atoms with Crippen LogP contribution in [0.1, 0.15) is 24.5 Å². The van der Waals surface area contributed by atoms with Crippen LogP contribution in [0.25, 0.3) is 0 Å². The molecule has 2 nitrogen and oxygen atoms in total. The maximum atomic E-state index is 5.31. The molecule has 0 aromatic heterocycles. The van der Waals surface area contributed by atoms with E-state index in [0.717, 1.165) is 18.7 Å². The average Bonchev–Trinajstić information content (AvgIpc) is 2.43. The number of aryl methyl sites for hydroxylation is 1. The van der Waals surface area contributed by atoms with Crippen LogP contribution in [0.4, 0.5) is 0 Å². The van der Waals surface area contributed by atoms with E-state index >= 15 is 0 Å². The van der Waals surface area contributed by atoms with E-state index in [1.807, 2.05) is 11.8 Å². The van der Waals surface area contributed by atoms with Crippen molar-refractivity contribution in [1.82, 2.24) is 5.32 Å². The average molecular weight is 265 g/mol. The van der Waals surface area contributed by atoms with Crippen molar-refractivity contribution in [3.63, 3.8) is 0 Å². The normalized spacial score (nSPS) is 20.3. The third-order valence-corrected chi connectivity index (χ3v) is 4.71. The van der Waals surface area contributed by atoms with E-state index in [9.17, 15) is 0 Å². The Morgan fingerprint density at radius 1 is 1.44 bits per heavy atom. The summed E-state index contributed by atoms with van der Waals surface area (Å²) < 4.78 is 5.31. The molecule has 2 rings (SSSR count). The van der Waals surface area contributed by atoms with Gasteiger partial charge in [-0.2, -0.15) is 11.8 Å². The molecule has 0 heterocycles. The zero-order valence-electron chi connectivity index (χ0n) is 11.5. The summed E-state index contributed by atoms with van der Waals surface area (Å²) in [6.45, 7) is 3.38. The van der Waals surface area contributed by atoms with Gasteiger partial charge in [-0.05, 0) is 48.8 Å². The van der Waals surface area contributed by atoms with Crippen LogP contribution >= 0.6 is 11.8 Å². The van der Waals surface area contributed by atoms with Crippen LogP contribution in [0.2, 0.25) is 0 Å². The molecular weight excluding hydrogens is 242 g/mol. The smallest absolute Gasteiger partial charge is 0.119 e. The molecule has 0 amide bonds. The molecule has 18 heavy (non-hydrogen) atoms. The third-order valence-electron chi connectivity index (χ3n) is 3.74. The van der Waals surface area contributed by atoms with Crippen molar-refractivity contribution in [2.24, 2.45) is 0 Å². The molecule has 1 N–H and O–H groups in total. The maximum absolute atomic E-state index is 5.31. The van der Waals surface area contributed by atoms with Crippen LogP contribution < -0.4 is 10.1 Å². The van der Waals surface area contributed by atoms with Gasteiger partial charge in [-0.1, -0.05) is 13.0 Å². The molecule has 0 spiro atoms. The molecule has 1 aliphatic rings. The van der Waals surface area contributed by atoms with Gasteiger partial charge in [0.25, 0.3) is 0 Å². The van der Waals surface area contributed by atoms with E-state index in [-0.39, 0.29) is 0 Å². The molecule has 0 saturated heterocycles. The SMILES string of the molecule is COc1ccc2c(c1)CC(NCC(C)SC)CC2. The summed E-state index contributed by atoms with van der Waals surface area (Å²) in [5.74, 6) is 0.979. The van der Waals surface area contributed by atoms with Crippen molar-refractivity contribution in [3.8, 4) is 5.75 Å². The van der Waals surface area contributed by atoms with Gasteiger partial charge in [0.1, 0.15) is 5.75 Å². The van der Waals surface area contributed by atoms with Crippen LogP contribution in [-0.2, 0) is 12.8 Å². The van der Waals surface area contributed by atoms with Gasteiger partial charge in [0, 0.05) is 17.8 Å². The van der Waals surface area contributed by atoms with Crippen LogP contribution in [0.5, 0.6) is 5.75 Å². The first kappa shape index (κ1) is 13.8. The number of fused-ring (bicyclic) bond motifs is 1. The lowest BCUT2D eigenvalue weighted by molar-refractivity contribution is 0.411. The minimum atomic E-state index is 0.624. The molecule has 2 unspecified atom stereocenters. The topological polar surface area (TPSA) is 21.3 Å². The Kier molecular flexibility index (Phi) is 4.95. The predicted molar refractivity (Wildman–Crippen MR) is 79.8 cm³/mol. The number of methoxy groups -OCH3 is 1. The molecule has 100 valence electrons. The van der Waals surface area contributed by atoms with Crippen molar-refractivity contribution in [1.29, 1.82) is 0 Å². The minimum absolute atomic E-state index is 0.624. The lowest BCUT2D eigenvalue weighted by Gasteiger charge is -2.27. The van der Waals surface area contributed by atoms with Gasteiger partial charge in [-0.15, -0.1) is 0 Å². The molecule has 0 radical (unpaired) electrons. The maximum Gasteiger partial charge on any atom is 0.119 e. The first-order chi connectivity index (χ1) is 8.72. The number of ether oxygens (including phenoxy) is 1. The monoisotopic (exact) mass is 265 g/mol. The largest absolute Gasteiger partial charge is 0.497 e. The Bertz CT molecular complexity index is 394. The standard InChI is InChI=1S/C15H23NOS/c1-11(18-3)10-16-14-6-4-12-5-7-15(17-2)9-13(12)8-14/h5,7,9,11,14,16H,4,6,8,10H2,1-3H3. The fourth-order valence-electron chi connectivity index (χ4n) is 2.45. The highest BCUT2D eigenvalue weighted by molar-refractivity contribution is 7.99. The van der Waals surface area contributed by atoms with Crippen LogP contribution in [0, 0.1) is 0 Å². The zero-order chi connectivity index (χ0) is 13.0. The second-order valence-electron chi connectivity index (χ2n) is 5.03. The number of nitrogens with one attached hydrogen (secondary N) is 1. The lowest BCUT2D eigenvalue weighted by atomic mass is 9.88. The number of benzene rings is 1. The predicted octanol–water partition coefficient (Wildman–Crippen LogP) is 2.89. The van der Waals surface area contributed by atoms with E-state index < -0.39 is 0 Å². The highest BCUT2D eigenvalue weighted by Gasteiger charge is 2.19. The van der Waals surface area contributed by atoms with Crippen LogP contribution in [0.15, 0.2) is 18.2 Å². The van der Waals surface area contributed by atoms with Crippen LogP contribution in [-0.4, -0.2) is 31.2 Å². The lowest BCUT2D eigenvalue weighted by Crippen LogP contribution is -2.37. The molecule has 3 heteroatoms. The first-order valence-electron chi connectivity index (χ1n) is 6.65. The summed E-state index contributed by atoms with van der Waals surface area (Å²) in [7, 11) is 1.74. The molecular formula is C15H23NOS. The number of hydrogen-bond acceptors (Lipinski definition) is 3. The first-order valence-corrected chi connectivity index (χ1v) is 7.93. The van der Waals surface area contributed by atoms with Crippen molar-refractivity contribution in [3.05, 3.63) is 29.3 Å². The Morgan fingerprint density at radius 3 is 3.00 bits per heavy atom. The van der Waals surface area contributed by atoms with Gasteiger partial charge in [-0.25, -0.2) is 0 Å². The molecule has 1 aliphatic carbocycles. The second kappa shape index (κ2) is 6.48. The molecule has 1 aromatic rings. The summed E-state index contributed by atoms with van der Waals surface area (Å²) >= 11 is 1.92. The highest BCUT2D eigenvalue weighted by Crippen LogP contribution is 2.25. The highest BCUT2D eigenvalue weighted by atomic mass is 32.2. The van der Waals surface area contributed by atoms with Gasteiger partial charge >= 0.3 is 0 Å². The molecule has 0 aliphatic heterocycles. The van der Waals surface area contributed by atoms with Gasteiger partial charge in [0.05, 0.1) is 7.11 Å². The molecule has 0 saturated carbocycles. The van der Waals surface area contributed by atoms with E-state index in [1.54, 1.807) is 7.11 Å². The van der Waals surface area contributed by atoms with E-state index in [1.165, 1.54) is 24.0 Å². The summed E-state index contributed by atoms with van der Waals surface area (Å²) in [4.78, 5) is 0. The van der Waals surface area contributed by atoms with Gasteiger partial charge in [0.15, 0.2) is 0 Å². The van der Waals surface area contributed by atoms with Crippen molar-refractivity contribution in [2.75, 3.05) is 19.9 Å². The number of hydrogen-bond donors (Lipinski definition) is 1. The zero-order valence-corrected chi connectivity index (χ0v) is 12.3. The van der Waals surface area contributed by atoms with Crippen molar-refractivity contribution in [2.45, 2.75) is 37.5 Å². The molecule has 0 bridgehead atoms. The Hall–Kier alpha value is -0.670. The van der Waals surface area contributed by atoms with E-state index in [2.05, 4.69) is 36.7 Å².